The minimum atomic E-state index is -0.841. The SMILES string of the molecule is CCC(C)(CN)C(=O)Nc1c(F)cc(Br)cc1F. The summed E-state index contributed by atoms with van der Waals surface area (Å²) < 4.78 is 27.4. The minimum absolute atomic E-state index is 0.106. The molecule has 0 aliphatic heterocycles. The molecule has 3 N–H and O–H groups in total. The predicted octanol–water partition coefficient (Wildman–Crippen LogP) is 3.04. The number of amides is 1. The molecule has 3 nitrogen and oxygen atoms in total. The van der Waals surface area contributed by atoms with Crippen molar-refractivity contribution in [2.75, 3.05) is 11.9 Å². The van der Waals surface area contributed by atoms with Gasteiger partial charge in [-0.3, -0.25) is 4.79 Å². The van der Waals surface area contributed by atoms with Crippen molar-refractivity contribution in [1.82, 2.24) is 0 Å². The lowest BCUT2D eigenvalue weighted by molar-refractivity contribution is -0.124. The van der Waals surface area contributed by atoms with Crippen molar-refractivity contribution in [2.45, 2.75) is 20.3 Å². The van der Waals surface area contributed by atoms with Crippen molar-refractivity contribution in [3.05, 3.63) is 28.2 Å². The van der Waals surface area contributed by atoms with Gasteiger partial charge in [-0.2, -0.15) is 0 Å². The third kappa shape index (κ3) is 3.05. The summed E-state index contributed by atoms with van der Waals surface area (Å²) >= 11 is 2.97. The van der Waals surface area contributed by atoms with Gasteiger partial charge in [0, 0.05) is 11.0 Å². The van der Waals surface area contributed by atoms with E-state index in [-0.39, 0.29) is 11.0 Å². The molecule has 1 aromatic rings. The molecule has 0 spiro atoms. The first-order valence-corrected chi connectivity index (χ1v) is 6.29. The van der Waals surface area contributed by atoms with Crippen molar-refractivity contribution >= 4 is 27.5 Å². The number of hydrogen-bond donors (Lipinski definition) is 2. The van der Waals surface area contributed by atoms with Crippen LogP contribution in [0, 0.1) is 17.0 Å². The molecule has 0 saturated heterocycles. The van der Waals surface area contributed by atoms with Crippen LogP contribution in [-0.4, -0.2) is 12.5 Å². The summed E-state index contributed by atoms with van der Waals surface area (Å²) in [6.07, 6.45) is 0.481. The van der Waals surface area contributed by atoms with Crippen LogP contribution in [0.4, 0.5) is 14.5 Å². The van der Waals surface area contributed by atoms with E-state index in [4.69, 9.17) is 5.73 Å². The van der Waals surface area contributed by atoms with Gasteiger partial charge in [-0.25, -0.2) is 8.78 Å². The summed E-state index contributed by atoms with van der Waals surface area (Å²) in [5.41, 5.74) is 4.23. The Morgan fingerprint density at radius 3 is 2.33 bits per heavy atom. The first-order chi connectivity index (χ1) is 8.34. The Labute approximate surface area is 113 Å². The molecule has 18 heavy (non-hydrogen) atoms. The number of hydrogen-bond acceptors (Lipinski definition) is 2. The summed E-state index contributed by atoms with van der Waals surface area (Å²) in [7, 11) is 0. The van der Waals surface area contributed by atoms with Crippen LogP contribution in [0.2, 0.25) is 0 Å². The zero-order valence-corrected chi connectivity index (χ0v) is 11.8. The molecule has 0 aliphatic rings. The molecule has 100 valence electrons. The number of halogens is 3. The third-order valence-electron chi connectivity index (χ3n) is 3.02. The largest absolute Gasteiger partial charge is 0.329 e. The topological polar surface area (TPSA) is 55.1 Å². The highest BCUT2D eigenvalue weighted by Crippen LogP contribution is 2.27. The Bertz CT molecular complexity index is 438. The second-order valence-electron chi connectivity index (χ2n) is 4.32. The molecular weight excluding hydrogens is 306 g/mol. The summed E-state index contributed by atoms with van der Waals surface area (Å²) in [5.74, 6) is -2.15. The van der Waals surface area contributed by atoms with E-state index in [9.17, 15) is 13.6 Å². The molecule has 0 bridgehead atoms. The number of anilines is 1. The quantitative estimate of drug-likeness (QED) is 0.895. The van der Waals surface area contributed by atoms with E-state index >= 15 is 0 Å². The average Bonchev–Trinajstić information content (AvgIpc) is 2.32. The van der Waals surface area contributed by atoms with Crippen LogP contribution in [0.1, 0.15) is 20.3 Å². The Hall–Kier alpha value is -1.01. The second-order valence-corrected chi connectivity index (χ2v) is 5.23. The van der Waals surface area contributed by atoms with Crippen molar-refractivity contribution in [3.63, 3.8) is 0 Å². The van der Waals surface area contributed by atoms with Crippen LogP contribution in [0.5, 0.6) is 0 Å². The molecule has 0 aliphatic carbocycles. The average molecular weight is 321 g/mol. The van der Waals surface area contributed by atoms with E-state index in [0.717, 1.165) is 12.1 Å². The highest BCUT2D eigenvalue weighted by molar-refractivity contribution is 9.10. The fraction of sp³-hybridized carbons (Fsp3) is 0.417. The van der Waals surface area contributed by atoms with Crippen LogP contribution in [-0.2, 0) is 4.79 Å². The van der Waals surface area contributed by atoms with Crippen molar-refractivity contribution in [1.29, 1.82) is 0 Å². The van der Waals surface area contributed by atoms with Crippen LogP contribution in [0.25, 0.3) is 0 Å². The standard InChI is InChI=1S/C12H15BrF2N2O/c1-3-12(2,6-16)11(18)17-10-8(14)4-7(13)5-9(10)15/h4-5H,3,6,16H2,1-2H3,(H,17,18). The smallest absolute Gasteiger partial charge is 0.231 e. The van der Waals surface area contributed by atoms with Gasteiger partial charge in [0.05, 0.1) is 5.41 Å². The van der Waals surface area contributed by atoms with Gasteiger partial charge in [-0.1, -0.05) is 22.9 Å². The van der Waals surface area contributed by atoms with Gasteiger partial charge in [-0.15, -0.1) is 0 Å². The summed E-state index contributed by atoms with van der Waals surface area (Å²) in [5, 5.41) is 2.26. The zero-order valence-electron chi connectivity index (χ0n) is 10.2. The minimum Gasteiger partial charge on any atom is -0.329 e. The molecule has 1 rings (SSSR count). The summed E-state index contributed by atoms with van der Waals surface area (Å²) in [6.45, 7) is 3.55. The van der Waals surface area contributed by atoms with E-state index < -0.39 is 28.6 Å². The van der Waals surface area contributed by atoms with Gasteiger partial charge in [-0.05, 0) is 25.5 Å². The van der Waals surface area contributed by atoms with Gasteiger partial charge >= 0.3 is 0 Å². The Morgan fingerprint density at radius 1 is 1.44 bits per heavy atom. The number of carbonyl (C=O) groups is 1. The van der Waals surface area contributed by atoms with E-state index in [1.54, 1.807) is 13.8 Å². The molecule has 6 heteroatoms. The first kappa shape index (κ1) is 15.0. The molecular formula is C12H15BrF2N2O. The summed E-state index contributed by atoms with van der Waals surface area (Å²) in [4.78, 5) is 11.9. The third-order valence-corrected chi connectivity index (χ3v) is 3.48. The van der Waals surface area contributed by atoms with Gasteiger partial charge in [0.1, 0.15) is 5.69 Å². The lowest BCUT2D eigenvalue weighted by Gasteiger charge is -2.25. The van der Waals surface area contributed by atoms with E-state index in [1.165, 1.54) is 0 Å². The molecule has 1 unspecified atom stereocenters. The van der Waals surface area contributed by atoms with Crippen molar-refractivity contribution in [2.24, 2.45) is 11.1 Å². The number of nitrogens with two attached hydrogens (primary N) is 1. The second kappa shape index (κ2) is 5.75. The molecule has 0 radical (unpaired) electrons. The van der Waals surface area contributed by atoms with E-state index in [1.807, 2.05) is 0 Å². The maximum atomic E-state index is 13.6. The number of rotatable bonds is 4. The fourth-order valence-corrected chi connectivity index (χ4v) is 1.73. The van der Waals surface area contributed by atoms with E-state index in [0.29, 0.717) is 6.42 Å². The maximum Gasteiger partial charge on any atom is 0.231 e. The van der Waals surface area contributed by atoms with Crippen molar-refractivity contribution < 1.29 is 13.6 Å². The van der Waals surface area contributed by atoms with Gasteiger partial charge in [0.2, 0.25) is 5.91 Å². The van der Waals surface area contributed by atoms with Crippen LogP contribution >= 0.6 is 15.9 Å². The van der Waals surface area contributed by atoms with Gasteiger partial charge in [0.25, 0.3) is 0 Å². The summed E-state index contributed by atoms with van der Waals surface area (Å²) in [6, 6.07) is 2.18. The molecule has 1 amide bonds. The normalized spacial score (nSPS) is 14.1. The zero-order chi connectivity index (χ0) is 13.9. The lowest BCUT2D eigenvalue weighted by atomic mass is 9.86. The molecule has 1 aromatic carbocycles. The number of carbonyl (C=O) groups excluding carboxylic acids is 1. The Morgan fingerprint density at radius 2 is 1.94 bits per heavy atom. The van der Waals surface area contributed by atoms with E-state index in [2.05, 4.69) is 21.2 Å². The van der Waals surface area contributed by atoms with Crippen molar-refractivity contribution in [3.8, 4) is 0 Å². The molecule has 0 saturated carbocycles. The molecule has 0 fully saturated rings. The molecule has 0 heterocycles. The van der Waals surface area contributed by atoms with Gasteiger partial charge < -0.3 is 11.1 Å². The molecule has 0 aromatic heterocycles. The highest BCUT2D eigenvalue weighted by atomic mass is 79.9. The first-order valence-electron chi connectivity index (χ1n) is 5.50. The predicted molar refractivity (Wildman–Crippen MR) is 70.1 cm³/mol. The lowest BCUT2D eigenvalue weighted by Crippen LogP contribution is -2.39. The molecule has 1 atom stereocenters. The Balaban J connectivity index is 3.02. The number of benzene rings is 1. The monoisotopic (exact) mass is 320 g/mol. The van der Waals surface area contributed by atoms with Crippen LogP contribution in [0.3, 0.4) is 0 Å². The van der Waals surface area contributed by atoms with Gasteiger partial charge in [0.15, 0.2) is 11.6 Å². The Kier molecular flexibility index (Phi) is 4.81. The highest BCUT2D eigenvalue weighted by Gasteiger charge is 2.30. The van der Waals surface area contributed by atoms with Crippen LogP contribution in [0.15, 0.2) is 16.6 Å². The maximum absolute atomic E-state index is 13.6. The fourth-order valence-electron chi connectivity index (χ4n) is 1.32. The van der Waals surface area contributed by atoms with Crippen LogP contribution < -0.4 is 11.1 Å². The number of nitrogens with one attached hydrogen (secondary N) is 1.